The molecule has 1 aromatic carbocycles. The maximum Gasteiger partial charge on any atom is 0.254 e. The number of nitrogens with one attached hydrogen (secondary N) is 1. The second kappa shape index (κ2) is 7.71. The summed E-state index contributed by atoms with van der Waals surface area (Å²) in [5.74, 6) is -0.749. The van der Waals surface area contributed by atoms with Gasteiger partial charge in [-0.1, -0.05) is 38.3 Å². The van der Waals surface area contributed by atoms with Gasteiger partial charge in [0.15, 0.2) is 0 Å². The highest BCUT2D eigenvalue weighted by Crippen LogP contribution is 2.18. The van der Waals surface area contributed by atoms with Crippen molar-refractivity contribution in [1.29, 1.82) is 0 Å². The molecule has 0 saturated heterocycles. The first kappa shape index (κ1) is 16.3. The molecule has 0 aliphatic carbocycles. The van der Waals surface area contributed by atoms with Crippen LogP contribution in [0.5, 0.6) is 0 Å². The molecule has 0 aliphatic rings. The smallest absolute Gasteiger partial charge is 0.254 e. The van der Waals surface area contributed by atoms with E-state index in [2.05, 4.69) is 19.2 Å². The first-order valence-corrected chi connectivity index (χ1v) is 7.18. The Morgan fingerprint density at radius 3 is 2.53 bits per heavy atom. The summed E-state index contributed by atoms with van der Waals surface area (Å²) in [6.45, 7) is 4.45. The highest BCUT2D eigenvalue weighted by atomic mass is 35.5. The molecule has 19 heavy (non-hydrogen) atoms. The molecule has 0 aliphatic heterocycles. The zero-order valence-electron chi connectivity index (χ0n) is 11.1. The van der Waals surface area contributed by atoms with Crippen molar-refractivity contribution in [2.24, 2.45) is 5.92 Å². The summed E-state index contributed by atoms with van der Waals surface area (Å²) in [6.07, 6.45) is 1.91. The lowest BCUT2D eigenvalue weighted by molar-refractivity contribution is 0.0947. The third-order valence-electron chi connectivity index (χ3n) is 3.19. The van der Waals surface area contributed by atoms with Crippen LogP contribution < -0.4 is 5.32 Å². The maximum absolute atomic E-state index is 13.5. The van der Waals surface area contributed by atoms with Crippen molar-refractivity contribution in [3.8, 4) is 0 Å². The van der Waals surface area contributed by atoms with Crippen LogP contribution in [-0.2, 0) is 0 Å². The molecular formula is C14H18Cl2FNO. The van der Waals surface area contributed by atoms with Crippen LogP contribution in [0.2, 0.25) is 5.02 Å². The van der Waals surface area contributed by atoms with Crippen molar-refractivity contribution in [1.82, 2.24) is 5.32 Å². The van der Waals surface area contributed by atoms with E-state index in [4.69, 9.17) is 23.2 Å². The molecule has 106 valence electrons. The average Bonchev–Trinajstić information content (AvgIpc) is 2.37. The second-order valence-corrected chi connectivity index (χ2v) is 5.42. The Morgan fingerprint density at radius 2 is 2.00 bits per heavy atom. The predicted molar refractivity (Wildman–Crippen MR) is 77.5 cm³/mol. The fourth-order valence-electron chi connectivity index (χ4n) is 1.93. The predicted octanol–water partition coefficient (Wildman–Crippen LogP) is 4.25. The van der Waals surface area contributed by atoms with Crippen LogP contribution in [0.15, 0.2) is 18.2 Å². The van der Waals surface area contributed by atoms with Gasteiger partial charge >= 0.3 is 0 Å². The number of rotatable bonds is 6. The van der Waals surface area contributed by atoms with Crippen molar-refractivity contribution in [2.45, 2.75) is 32.1 Å². The number of benzene rings is 1. The van der Waals surface area contributed by atoms with Gasteiger partial charge in [0.05, 0.1) is 10.9 Å². The van der Waals surface area contributed by atoms with Gasteiger partial charge in [0.25, 0.3) is 5.91 Å². The first-order valence-electron chi connectivity index (χ1n) is 6.36. The molecule has 5 heteroatoms. The van der Waals surface area contributed by atoms with E-state index >= 15 is 0 Å². The Bertz CT molecular complexity index is 435. The molecular weight excluding hydrogens is 288 g/mol. The van der Waals surface area contributed by atoms with Crippen molar-refractivity contribution in [2.75, 3.05) is 6.54 Å². The Balaban J connectivity index is 2.60. The van der Waals surface area contributed by atoms with Crippen molar-refractivity contribution >= 4 is 29.1 Å². The van der Waals surface area contributed by atoms with Gasteiger partial charge in [-0.25, -0.2) is 4.39 Å². The molecule has 1 atom stereocenters. The van der Waals surface area contributed by atoms with Gasteiger partial charge in [0, 0.05) is 11.6 Å². The zero-order valence-corrected chi connectivity index (χ0v) is 12.6. The lowest BCUT2D eigenvalue weighted by Gasteiger charge is -2.19. The fourth-order valence-corrected chi connectivity index (χ4v) is 2.52. The van der Waals surface area contributed by atoms with Crippen LogP contribution in [0.25, 0.3) is 0 Å². The van der Waals surface area contributed by atoms with Gasteiger partial charge < -0.3 is 5.32 Å². The van der Waals surface area contributed by atoms with E-state index in [9.17, 15) is 9.18 Å². The summed E-state index contributed by atoms with van der Waals surface area (Å²) in [6, 6.07) is 3.97. The normalized spacial score (nSPS) is 12.5. The molecule has 0 bridgehead atoms. The summed E-state index contributed by atoms with van der Waals surface area (Å²) in [5.41, 5.74) is -0.0159. The minimum absolute atomic E-state index is 0.0159. The lowest BCUT2D eigenvalue weighted by Crippen LogP contribution is -2.33. The number of hydrogen-bond acceptors (Lipinski definition) is 1. The Labute approximate surface area is 123 Å². The van der Waals surface area contributed by atoms with E-state index in [-0.39, 0.29) is 16.0 Å². The number of hydrogen-bond donors (Lipinski definition) is 1. The van der Waals surface area contributed by atoms with Crippen LogP contribution in [0.4, 0.5) is 4.39 Å². The quantitative estimate of drug-likeness (QED) is 0.782. The molecule has 0 heterocycles. The molecule has 0 aromatic heterocycles. The van der Waals surface area contributed by atoms with E-state index in [0.717, 1.165) is 18.9 Å². The summed E-state index contributed by atoms with van der Waals surface area (Å²) in [5, 5.41) is 2.78. The van der Waals surface area contributed by atoms with E-state index in [1.165, 1.54) is 12.1 Å². The second-order valence-electron chi connectivity index (χ2n) is 4.43. The zero-order chi connectivity index (χ0) is 14.4. The van der Waals surface area contributed by atoms with Crippen LogP contribution in [0, 0.1) is 11.7 Å². The highest BCUT2D eigenvalue weighted by Gasteiger charge is 2.18. The highest BCUT2D eigenvalue weighted by molar-refractivity contribution is 6.30. The number of carbonyl (C=O) groups excluding carboxylic acids is 1. The molecule has 0 saturated carbocycles. The summed E-state index contributed by atoms with van der Waals surface area (Å²) >= 11 is 11.8. The molecule has 1 unspecified atom stereocenters. The number of alkyl halides is 1. The van der Waals surface area contributed by atoms with Crippen molar-refractivity contribution in [3.63, 3.8) is 0 Å². The Morgan fingerprint density at radius 1 is 1.37 bits per heavy atom. The van der Waals surface area contributed by atoms with Crippen LogP contribution in [0.3, 0.4) is 0 Å². The minimum atomic E-state index is -0.626. The molecule has 1 aromatic rings. The summed E-state index contributed by atoms with van der Waals surface area (Å²) < 4.78 is 13.5. The third kappa shape index (κ3) is 4.66. The third-order valence-corrected chi connectivity index (χ3v) is 3.94. The van der Waals surface area contributed by atoms with Crippen LogP contribution in [0.1, 0.15) is 37.0 Å². The van der Waals surface area contributed by atoms with Crippen molar-refractivity contribution in [3.05, 3.63) is 34.6 Å². The summed E-state index contributed by atoms with van der Waals surface area (Å²) in [7, 11) is 0. The van der Waals surface area contributed by atoms with Gasteiger partial charge in [-0.05, 0) is 24.1 Å². The number of halogens is 3. The fraction of sp³-hybridized carbons (Fsp3) is 0.500. The topological polar surface area (TPSA) is 29.1 Å². The van der Waals surface area contributed by atoms with E-state index in [1.54, 1.807) is 0 Å². The van der Waals surface area contributed by atoms with Gasteiger partial charge in [-0.3, -0.25) is 4.79 Å². The Hall–Kier alpha value is -0.800. The maximum atomic E-state index is 13.5. The lowest BCUT2D eigenvalue weighted by atomic mass is 9.99. The van der Waals surface area contributed by atoms with Gasteiger partial charge in [0.1, 0.15) is 5.82 Å². The molecule has 1 N–H and O–H groups in total. The minimum Gasteiger partial charge on any atom is -0.350 e. The van der Waals surface area contributed by atoms with E-state index in [0.29, 0.717) is 12.5 Å². The molecule has 0 radical (unpaired) electrons. The van der Waals surface area contributed by atoms with Crippen LogP contribution >= 0.6 is 23.2 Å². The van der Waals surface area contributed by atoms with Gasteiger partial charge in [-0.15, -0.1) is 11.6 Å². The molecule has 1 rings (SSSR count). The molecule has 0 fully saturated rings. The van der Waals surface area contributed by atoms with E-state index in [1.807, 2.05) is 0 Å². The van der Waals surface area contributed by atoms with Crippen LogP contribution in [-0.4, -0.2) is 17.8 Å². The molecule has 0 spiro atoms. The Kier molecular flexibility index (Phi) is 6.59. The van der Waals surface area contributed by atoms with Crippen molar-refractivity contribution < 1.29 is 9.18 Å². The van der Waals surface area contributed by atoms with Gasteiger partial charge in [-0.2, -0.15) is 0 Å². The molecule has 1 amide bonds. The largest absolute Gasteiger partial charge is 0.350 e. The average molecular weight is 306 g/mol. The monoisotopic (exact) mass is 305 g/mol. The molecule has 2 nitrogen and oxygen atoms in total. The number of carbonyl (C=O) groups is 1. The SMILES string of the molecule is CCC(CC)C(Cl)CNC(=O)c1ccc(Cl)cc1F. The van der Waals surface area contributed by atoms with Gasteiger partial charge in [0.2, 0.25) is 0 Å². The summed E-state index contributed by atoms with van der Waals surface area (Å²) in [4.78, 5) is 11.8. The standard InChI is InChI=1S/C14H18Cl2FNO/c1-3-9(4-2)12(16)8-18-14(19)11-6-5-10(15)7-13(11)17/h5-7,9,12H,3-4,8H2,1-2H3,(H,18,19). The van der Waals surface area contributed by atoms with E-state index < -0.39 is 11.7 Å². The first-order chi connectivity index (χ1) is 8.99. The number of amides is 1.